The molecule has 1 heterocycles. The molecule has 1 unspecified atom stereocenters. The number of nitrogen functional groups attached to an aromatic ring is 1. The Labute approximate surface area is 120 Å². The fraction of sp³-hybridized carbons (Fsp3) is 0.133. The summed E-state index contributed by atoms with van der Waals surface area (Å²) in [7, 11) is 0. The number of para-hydroxylation sites is 1. The molecule has 0 amide bonds. The summed E-state index contributed by atoms with van der Waals surface area (Å²) in [6, 6.07) is 11.9. The Balaban J connectivity index is 2.22. The lowest BCUT2D eigenvalue weighted by Gasteiger charge is -2.17. The molecule has 1 aromatic heterocycles. The minimum absolute atomic E-state index is 0.261. The van der Waals surface area contributed by atoms with Gasteiger partial charge in [-0.05, 0) is 25.1 Å². The van der Waals surface area contributed by atoms with Crippen LogP contribution in [0.4, 0.5) is 10.3 Å². The van der Waals surface area contributed by atoms with Gasteiger partial charge in [0, 0.05) is 5.56 Å². The van der Waals surface area contributed by atoms with Crippen molar-refractivity contribution in [3.05, 3.63) is 58.9 Å². The monoisotopic (exact) mass is 289 g/mol. The third-order valence-electron chi connectivity index (χ3n) is 3.44. The number of anilines is 1. The number of imidazole rings is 1. The average Bonchev–Trinajstić information content (AvgIpc) is 2.76. The summed E-state index contributed by atoms with van der Waals surface area (Å²) in [6.45, 7) is 1.89. The lowest BCUT2D eigenvalue weighted by molar-refractivity contribution is 0.567. The summed E-state index contributed by atoms with van der Waals surface area (Å²) >= 11 is 6.12. The minimum atomic E-state index is -0.264. The smallest absolute Gasteiger partial charge is 0.201 e. The zero-order valence-corrected chi connectivity index (χ0v) is 11.6. The number of fused-ring (bicyclic) bond motifs is 1. The number of nitrogens with two attached hydrogens (primary N) is 1. The highest BCUT2D eigenvalue weighted by Crippen LogP contribution is 2.31. The van der Waals surface area contributed by atoms with Crippen LogP contribution in [0, 0.1) is 5.82 Å². The molecule has 1 atom stereocenters. The van der Waals surface area contributed by atoms with E-state index < -0.39 is 0 Å². The quantitative estimate of drug-likeness (QED) is 0.774. The van der Waals surface area contributed by atoms with E-state index in [0.29, 0.717) is 22.1 Å². The van der Waals surface area contributed by atoms with E-state index in [2.05, 4.69) is 4.98 Å². The molecule has 0 bridgehead atoms. The Hall–Kier alpha value is -2.07. The van der Waals surface area contributed by atoms with Crippen molar-refractivity contribution in [2.45, 2.75) is 13.0 Å². The van der Waals surface area contributed by atoms with E-state index in [-0.39, 0.29) is 11.9 Å². The Bertz CT molecular complexity index is 782. The summed E-state index contributed by atoms with van der Waals surface area (Å²) in [4.78, 5) is 4.28. The molecule has 0 saturated carbocycles. The molecule has 20 heavy (non-hydrogen) atoms. The SMILES string of the molecule is CC(c1ccccc1F)n1c(N)nc2c(Cl)cccc21. The molecule has 0 fully saturated rings. The molecule has 0 saturated heterocycles. The largest absolute Gasteiger partial charge is 0.369 e. The lowest BCUT2D eigenvalue weighted by atomic mass is 10.1. The van der Waals surface area contributed by atoms with E-state index in [9.17, 15) is 4.39 Å². The van der Waals surface area contributed by atoms with Crippen molar-refractivity contribution >= 4 is 28.6 Å². The Morgan fingerprint density at radius 2 is 1.95 bits per heavy atom. The third kappa shape index (κ3) is 1.93. The van der Waals surface area contributed by atoms with Crippen LogP contribution >= 0.6 is 11.6 Å². The molecular formula is C15H13ClFN3. The molecular weight excluding hydrogens is 277 g/mol. The van der Waals surface area contributed by atoms with Gasteiger partial charge in [-0.15, -0.1) is 0 Å². The average molecular weight is 290 g/mol. The number of hydrogen-bond acceptors (Lipinski definition) is 2. The second-order valence-electron chi connectivity index (χ2n) is 4.65. The summed E-state index contributed by atoms with van der Waals surface area (Å²) in [5, 5.41) is 0.536. The van der Waals surface area contributed by atoms with Gasteiger partial charge in [0.25, 0.3) is 0 Å². The Kier molecular flexibility index (Phi) is 3.10. The highest BCUT2D eigenvalue weighted by atomic mass is 35.5. The van der Waals surface area contributed by atoms with E-state index in [0.717, 1.165) is 5.52 Å². The standard InChI is InChI=1S/C15H13ClFN3/c1-9(10-5-2-3-7-12(10)17)20-13-8-4-6-11(16)14(13)19-15(20)18/h2-9H,1H3,(H2,18,19). The van der Waals surface area contributed by atoms with Gasteiger partial charge in [-0.3, -0.25) is 0 Å². The molecule has 3 aromatic rings. The maximum absolute atomic E-state index is 13.9. The van der Waals surface area contributed by atoms with Crippen LogP contribution < -0.4 is 5.73 Å². The molecule has 102 valence electrons. The van der Waals surface area contributed by atoms with Crippen LogP contribution in [0.15, 0.2) is 42.5 Å². The predicted molar refractivity (Wildman–Crippen MR) is 79.4 cm³/mol. The van der Waals surface area contributed by atoms with E-state index >= 15 is 0 Å². The summed E-state index contributed by atoms with van der Waals surface area (Å²) < 4.78 is 15.7. The van der Waals surface area contributed by atoms with Crippen molar-refractivity contribution in [2.24, 2.45) is 0 Å². The number of rotatable bonds is 2. The van der Waals surface area contributed by atoms with Crippen molar-refractivity contribution < 1.29 is 4.39 Å². The van der Waals surface area contributed by atoms with Gasteiger partial charge in [0.1, 0.15) is 11.3 Å². The summed E-state index contributed by atoms with van der Waals surface area (Å²) in [6.07, 6.45) is 0. The molecule has 0 radical (unpaired) electrons. The van der Waals surface area contributed by atoms with E-state index in [4.69, 9.17) is 17.3 Å². The van der Waals surface area contributed by atoms with Crippen LogP contribution in [-0.2, 0) is 0 Å². The van der Waals surface area contributed by atoms with Gasteiger partial charge in [0.05, 0.1) is 16.6 Å². The molecule has 2 N–H and O–H groups in total. The maximum Gasteiger partial charge on any atom is 0.201 e. The zero-order valence-electron chi connectivity index (χ0n) is 10.8. The van der Waals surface area contributed by atoms with Gasteiger partial charge in [0.15, 0.2) is 0 Å². The van der Waals surface area contributed by atoms with Gasteiger partial charge in [-0.1, -0.05) is 35.9 Å². The minimum Gasteiger partial charge on any atom is -0.369 e. The van der Waals surface area contributed by atoms with Crippen LogP contribution in [0.3, 0.4) is 0 Å². The number of halogens is 2. The van der Waals surface area contributed by atoms with Gasteiger partial charge in [-0.25, -0.2) is 9.37 Å². The maximum atomic E-state index is 13.9. The van der Waals surface area contributed by atoms with Gasteiger partial charge in [0.2, 0.25) is 5.95 Å². The predicted octanol–water partition coefficient (Wildman–Crippen LogP) is 4.02. The van der Waals surface area contributed by atoms with Crippen LogP contribution in [0.1, 0.15) is 18.5 Å². The van der Waals surface area contributed by atoms with E-state index in [1.54, 1.807) is 28.8 Å². The summed E-state index contributed by atoms with van der Waals surface area (Å²) in [5.74, 6) is 0.0622. The number of benzene rings is 2. The van der Waals surface area contributed by atoms with Crippen LogP contribution in [0.5, 0.6) is 0 Å². The van der Waals surface area contributed by atoms with Gasteiger partial charge < -0.3 is 10.3 Å². The van der Waals surface area contributed by atoms with Crippen LogP contribution in [0.25, 0.3) is 11.0 Å². The van der Waals surface area contributed by atoms with Crippen molar-refractivity contribution in [3.63, 3.8) is 0 Å². The number of aromatic nitrogens is 2. The second-order valence-corrected chi connectivity index (χ2v) is 5.05. The molecule has 0 spiro atoms. The molecule has 2 aromatic carbocycles. The lowest BCUT2D eigenvalue weighted by Crippen LogP contribution is -2.11. The normalized spacial score (nSPS) is 12.8. The van der Waals surface area contributed by atoms with Crippen molar-refractivity contribution in [3.8, 4) is 0 Å². The van der Waals surface area contributed by atoms with Gasteiger partial charge >= 0.3 is 0 Å². The number of nitrogens with zero attached hydrogens (tertiary/aromatic N) is 2. The van der Waals surface area contributed by atoms with Crippen molar-refractivity contribution in [2.75, 3.05) is 5.73 Å². The van der Waals surface area contributed by atoms with E-state index in [1.165, 1.54) is 6.07 Å². The third-order valence-corrected chi connectivity index (χ3v) is 3.75. The van der Waals surface area contributed by atoms with Crippen molar-refractivity contribution in [1.29, 1.82) is 0 Å². The first kappa shape index (κ1) is 12.9. The molecule has 0 aliphatic carbocycles. The topological polar surface area (TPSA) is 43.8 Å². The molecule has 5 heteroatoms. The first-order valence-electron chi connectivity index (χ1n) is 6.26. The fourth-order valence-electron chi connectivity index (χ4n) is 2.46. The van der Waals surface area contributed by atoms with Crippen LogP contribution in [0.2, 0.25) is 5.02 Å². The Morgan fingerprint density at radius 3 is 2.70 bits per heavy atom. The highest BCUT2D eigenvalue weighted by molar-refractivity contribution is 6.35. The zero-order chi connectivity index (χ0) is 14.3. The molecule has 3 nitrogen and oxygen atoms in total. The number of hydrogen-bond donors (Lipinski definition) is 1. The van der Waals surface area contributed by atoms with E-state index in [1.807, 2.05) is 19.1 Å². The molecule has 0 aliphatic rings. The van der Waals surface area contributed by atoms with Crippen LogP contribution in [-0.4, -0.2) is 9.55 Å². The first-order valence-corrected chi connectivity index (χ1v) is 6.63. The Morgan fingerprint density at radius 1 is 1.20 bits per heavy atom. The second kappa shape index (κ2) is 4.80. The van der Waals surface area contributed by atoms with Crippen molar-refractivity contribution in [1.82, 2.24) is 9.55 Å². The fourth-order valence-corrected chi connectivity index (χ4v) is 2.67. The van der Waals surface area contributed by atoms with Gasteiger partial charge in [-0.2, -0.15) is 0 Å². The summed E-state index contributed by atoms with van der Waals surface area (Å²) in [5.41, 5.74) is 7.98. The molecule has 0 aliphatic heterocycles. The first-order chi connectivity index (χ1) is 9.59. The molecule has 3 rings (SSSR count). The highest BCUT2D eigenvalue weighted by Gasteiger charge is 2.19.